The minimum Gasteiger partial charge on any atom is -0.481 e. The average molecular weight is 422 g/mol. The van der Waals surface area contributed by atoms with Crippen molar-refractivity contribution in [2.75, 3.05) is 13.2 Å². The summed E-state index contributed by atoms with van der Waals surface area (Å²) < 4.78 is 5.63. The molecule has 0 aromatic carbocycles. The van der Waals surface area contributed by atoms with E-state index in [2.05, 4.69) is 12.2 Å². The lowest BCUT2D eigenvalue weighted by Gasteiger charge is -2.60. The summed E-state index contributed by atoms with van der Waals surface area (Å²) in [7, 11) is 0. The fourth-order valence-electron chi connectivity index (χ4n) is 8.24. The summed E-state index contributed by atoms with van der Waals surface area (Å²) in [6.45, 7) is 4.27. The van der Waals surface area contributed by atoms with Crippen LogP contribution in [-0.2, 0) is 9.53 Å². The number of carboxylic acid groups (broad SMARTS) is 1. The Morgan fingerprint density at radius 3 is 2.60 bits per heavy atom. The van der Waals surface area contributed by atoms with E-state index in [-0.39, 0.29) is 19.3 Å². The molecule has 6 nitrogen and oxygen atoms in total. The van der Waals surface area contributed by atoms with Crippen LogP contribution >= 0.6 is 0 Å². The van der Waals surface area contributed by atoms with Crippen LogP contribution in [-0.4, -0.2) is 41.5 Å². The van der Waals surface area contributed by atoms with Gasteiger partial charge in [0.1, 0.15) is 0 Å². The molecule has 4 rings (SSSR count). The molecule has 3 unspecified atom stereocenters. The average Bonchev–Trinajstić information content (AvgIpc) is 3.12. The van der Waals surface area contributed by atoms with E-state index in [0.717, 1.165) is 25.2 Å². The summed E-state index contributed by atoms with van der Waals surface area (Å²) >= 11 is 0. The van der Waals surface area contributed by atoms with Crippen molar-refractivity contribution in [2.24, 2.45) is 40.4 Å². The number of aliphatic hydroxyl groups is 1. The number of nitrogens with one attached hydrogen (secondary N) is 1. The number of amides is 1. The Hall–Kier alpha value is -1.30. The van der Waals surface area contributed by atoms with Gasteiger partial charge in [-0.2, -0.15) is 0 Å². The lowest BCUT2D eigenvalue weighted by atomic mass is 9.44. The minimum absolute atomic E-state index is 0.149. The molecule has 0 spiro atoms. The monoisotopic (exact) mass is 421 g/mol. The van der Waals surface area contributed by atoms with Crippen LogP contribution < -0.4 is 5.32 Å². The third-order valence-electron chi connectivity index (χ3n) is 9.71. The maximum Gasteiger partial charge on any atom is 0.407 e. The molecule has 0 radical (unpaired) electrons. The molecule has 0 aliphatic heterocycles. The second-order valence-electron chi connectivity index (χ2n) is 10.9. The van der Waals surface area contributed by atoms with Gasteiger partial charge in [-0.3, -0.25) is 4.79 Å². The summed E-state index contributed by atoms with van der Waals surface area (Å²) in [6, 6.07) is -0.373. The zero-order valence-electron chi connectivity index (χ0n) is 18.6. The van der Waals surface area contributed by atoms with Gasteiger partial charge in [0.05, 0.1) is 25.2 Å². The van der Waals surface area contributed by atoms with Crippen molar-refractivity contribution >= 4 is 12.1 Å². The van der Waals surface area contributed by atoms with E-state index in [1.54, 1.807) is 6.92 Å². The standard InChI is InChI=1S/C24H39NO5/c1-15(13-26)25-22(29)30-14-24-12-10-18-17(19(24)8-9-20(24)21(27)28)7-6-16-5-3-4-11-23(16,18)2/h15-20,26H,3-14H2,1-2H3,(H,25,29)(H,27,28)/t15?,16?,17-,18+,19+,20?,23+,24-/m1/s1. The highest BCUT2D eigenvalue weighted by molar-refractivity contribution is 5.72. The summed E-state index contributed by atoms with van der Waals surface area (Å²) in [4.78, 5) is 24.4. The van der Waals surface area contributed by atoms with E-state index in [1.807, 2.05) is 0 Å². The summed E-state index contributed by atoms with van der Waals surface area (Å²) in [5.74, 6) is 1.25. The van der Waals surface area contributed by atoms with Crippen molar-refractivity contribution in [3.63, 3.8) is 0 Å². The number of alkyl carbamates (subject to hydrolysis) is 1. The zero-order chi connectivity index (χ0) is 21.5. The van der Waals surface area contributed by atoms with E-state index in [9.17, 15) is 14.7 Å². The largest absolute Gasteiger partial charge is 0.481 e. The van der Waals surface area contributed by atoms with Crippen molar-refractivity contribution in [3.8, 4) is 0 Å². The van der Waals surface area contributed by atoms with Crippen LogP contribution in [0, 0.1) is 40.4 Å². The van der Waals surface area contributed by atoms with Crippen LogP contribution in [0.4, 0.5) is 4.79 Å². The van der Waals surface area contributed by atoms with E-state index >= 15 is 0 Å². The first-order valence-electron chi connectivity index (χ1n) is 12.1. The molecule has 30 heavy (non-hydrogen) atoms. The van der Waals surface area contributed by atoms with Gasteiger partial charge >= 0.3 is 12.1 Å². The Bertz CT molecular complexity index is 668. The van der Waals surface area contributed by atoms with Crippen LogP contribution in [0.2, 0.25) is 0 Å². The molecule has 0 aromatic heterocycles. The van der Waals surface area contributed by atoms with Crippen LogP contribution in [0.15, 0.2) is 0 Å². The Balaban J connectivity index is 1.55. The predicted molar refractivity (Wildman–Crippen MR) is 113 cm³/mol. The number of aliphatic hydroxyl groups excluding tert-OH is 1. The molecular formula is C24H39NO5. The van der Waals surface area contributed by atoms with Crippen molar-refractivity contribution < 1.29 is 24.5 Å². The highest BCUT2D eigenvalue weighted by atomic mass is 16.5. The second-order valence-corrected chi connectivity index (χ2v) is 10.9. The van der Waals surface area contributed by atoms with Gasteiger partial charge in [-0.05, 0) is 87.4 Å². The quantitative estimate of drug-likeness (QED) is 0.618. The van der Waals surface area contributed by atoms with Gasteiger partial charge < -0.3 is 20.3 Å². The van der Waals surface area contributed by atoms with E-state index < -0.39 is 23.4 Å². The van der Waals surface area contributed by atoms with Gasteiger partial charge in [-0.25, -0.2) is 4.79 Å². The molecule has 8 atom stereocenters. The number of carbonyl (C=O) groups excluding carboxylic acids is 1. The highest BCUT2D eigenvalue weighted by Crippen LogP contribution is 2.67. The van der Waals surface area contributed by atoms with E-state index in [0.29, 0.717) is 29.6 Å². The first kappa shape index (κ1) is 21.9. The fraction of sp³-hybridized carbons (Fsp3) is 0.917. The Kier molecular flexibility index (Phi) is 6.08. The number of carbonyl (C=O) groups is 2. The Labute approximate surface area is 180 Å². The number of fused-ring (bicyclic) bond motifs is 5. The van der Waals surface area contributed by atoms with Crippen molar-refractivity contribution in [1.29, 1.82) is 0 Å². The van der Waals surface area contributed by atoms with Crippen LogP contribution in [0.5, 0.6) is 0 Å². The number of hydrogen-bond donors (Lipinski definition) is 3. The van der Waals surface area contributed by atoms with Gasteiger partial charge in [-0.1, -0.05) is 19.8 Å². The number of rotatable bonds is 5. The fourth-order valence-corrected chi connectivity index (χ4v) is 8.24. The van der Waals surface area contributed by atoms with Gasteiger partial charge in [0.2, 0.25) is 0 Å². The number of hydrogen-bond acceptors (Lipinski definition) is 4. The van der Waals surface area contributed by atoms with Crippen LogP contribution in [0.3, 0.4) is 0 Å². The van der Waals surface area contributed by atoms with Crippen molar-refractivity contribution in [3.05, 3.63) is 0 Å². The first-order chi connectivity index (χ1) is 14.3. The zero-order valence-corrected chi connectivity index (χ0v) is 18.6. The lowest BCUT2D eigenvalue weighted by molar-refractivity contribution is -0.159. The van der Waals surface area contributed by atoms with Gasteiger partial charge in [0, 0.05) is 5.41 Å². The number of aliphatic carboxylic acids is 1. The molecule has 4 aliphatic rings. The van der Waals surface area contributed by atoms with Crippen LogP contribution in [0.25, 0.3) is 0 Å². The lowest BCUT2D eigenvalue weighted by Crippen LogP contribution is -2.55. The molecule has 1 amide bonds. The third-order valence-corrected chi connectivity index (χ3v) is 9.71. The minimum atomic E-state index is -0.735. The van der Waals surface area contributed by atoms with Crippen molar-refractivity contribution in [2.45, 2.75) is 84.1 Å². The van der Waals surface area contributed by atoms with Gasteiger partial charge in [0.25, 0.3) is 0 Å². The Morgan fingerprint density at radius 1 is 1.07 bits per heavy atom. The van der Waals surface area contributed by atoms with Gasteiger partial charge in [0.15, 0.2) is 0 Å². The second kappa shape index (κ2) is 8.33. The normalized spacial score (nSPS) is 43.6. The van der Waals surface area contributed by atoms with E-state index in [4.69, 9.17) is 9.84 Å². The SMILES string of the molecule is CC(CO)NC(=O)OC[C@]12CC[C@H]3[C@@H](CCC4CCCC[C@@]43C)[C@@H]1CCC2C(=O)O. The van der Waals surface area contributed by atoms with Gasteiger partial charge in [-0.15, -0.1) is 0 Å². The molecule has 4 saturated carbocycles. The molecule has 0 aromatic rings. The summed E-state index contributed by atoms with van der Waals surface area (Å²) in [6.07, 6.45) is 10.9. The number of carboxylic acids is 1. The topological polar surface area (TPSA) is 95.9 Å². The summed E-state index contributed by atoms with van der Waals surface area (Å²) in [5.41, 5.74) is -0.0336. The molecular weight excluding hydrogens is 382 g/mol. The molecule has 4 fully saturated rings. The Morgan fingerprint density at radius 2 is 1.87 bits per heavy atom. The molecule has 0 bridgehead atoms. The van der Waals surface area contributed by atoms with Crippen LogP contribution in [0.1, 0.15) is 78.1 Å². The molecule has 6 heteroatoms. The van der Waals surface area contributed by atoms with E-state index in [1.165, 1.54) is 38.5 Å². The highest BCUT2D eigenvalue weighted by Gasteiger charge is 2.63. The smallest absolute Gasteiger partial charge is 0.407 e. The molecule has 0 heterocycles. The maximum absolute atomic E-state index is 12.2. The summed E-state index contributed by atoms with van der Waals surface area (Å²) in [5, 5.41) is 21.8. The van der Waals surface area contributed by atoms with Crippen molar-refractivity contribution in [1.82, 2.24) is 5.32 Å². The third kappa shape index (κ3) is 3.53. The predicted octanol–water partition coefficient (Wildman–Crippen LogP) is 4.21. The molecule has 0 saturated heterocycles. The molecule has 3 N–H and O–H groups in total. The number of ether oxygens (including phenoxy) is 1. The molecule has 4 aliphatic carbocycles. The maximum atomic E-state index is 12.2. The first-order valence-corrected chi connectivity index (χ1v) is 12.1. The molecule has 170 valence electrons.